The number of carbonyl (C=O) groups is 1. The van der Waals surface area contributed by atoms with Gasteiger partial charge in [0.2, 0.25) is 15.9 Å². The van der Waals surface area contributed by atoms with Crippen molar-refractivity contribution in [2.24, 2.45) is 0 Å². The summed E-state index contributed by atoms with van der Waals surface area (Å²) in [5, 5.41) is -0.120. The molecule has 0 aliphatic rings. The fourth-order valence-electron chi connectivity index (χ4n) is 1.49. The minimum Gasteiger partial charge on any atom is -0.342 e. The minimum absolute atomic E-state index is 0.120. The lowest BCUT2D eigenvalue weighted by Crippen LogP contribution is -2.40. The van der Waals surface area contributed by atoms with Crippen molar-refractivity contribution in [2.45, 2.75) is 18.7 Å². The number of sulfonamides is 1. The third-order valence-electron chi connectivity index (χ3n) is 2.54. The van der Waals surface area contributed by atoms with Gasteiger partial charge in [0.15, 0.2) is 0 Å². The lowest BCUT2D eigenvalue weighted by Gasteiger charge is -2.18. The van der Waals surface area contributed by atoms with E-state index in [0.717, 1.165) is 0 Å². The van der Waals surface area contributed by atoms with Crippen LogP contribution in [0.2, 0.25) is 5.15 Å². The normalized spacial score (nSPS) is 11.3. The van der Waals surface area contributed by atoms with Crippen LogP contribution in [0, 0.1) is 0 Å². The van der Waals surface area contributed by atoms with Gasteiger partial charge in [0, 0.05) is 19.3 Å². The summed E-state index contributed by atoms with van der Waals surface area (Å²) >= 11 is 5.72. The highest BCUT2D eigenvalue weighted by Crippen LogP contribution is 2.17. The lowest BCUT2D eigenvalue weighted by atomic mass is 10.4. The Kier molecular flexibility index (Phi) is 5.71. The zero-order valence-electron chi connectivity index (χ0n) is 10.8. The minimum atomic E-state index is -3.83. The Morgan fingerprint density at radius 3 is 2.58 bits per heavy atom. The van der Waals surface area contributed by atoms with Gasteiger partial charge in [-0.05, 0) is 26.0 Å². The van der Waals surface area contributed by atoms with Crippen LogP contribution in [0.3, 0.4) is 0 Å². The molecule has 0 atom stereocenters. The van der Waals surface area contributed by atoms with Gasteiger partial charge in [-0.3, -0.25) is 4.79 Å². The molecule has 1 rings (SSSR count). The maximum Gasteiger partial charge on any atom is 0.244 e. The van der Waals surface area contributed by atoms with Gasteiger partial charge in [0.1, 0.15) is 10.0 Å². The van der Waals surface area contributed by atoms with Gasteiger partial charge in [-0.2, -0.15) is 0 Å². The Labute approximate surface area is 117 Å². The molecule has 0 fully saturated rings. The molecule has 1 heterocycles. The van der Waals surface area contributed by atoms with Crippen LogP contribution in [0.1, 0.15) is 13.8 Å². The van der Waals surface area contributed by atoms with Gasteiger partial charge in [0.05, 0.1) is 6.54 Å². The van der Waals surface area contributed by atoms with E-state index >= 15 is 0 Å². The molecule has 1 N–H and O–H groups in total. The van der Waals surface area contributed by atoms with Gasteiger partial charge in [0.25, 0.3) is 0 Å². The van der Waals surface area contributed by atoms with E-state index in [1.807, 2.05) is 13.8 Å². The number of likely N-dealkylation sites (N-methyl/N-ethyl adjacent to an activating group) is 1. The van der Waals surface area contributed by atoms with Gasteiger partial charge >= 0.3 is 0 Å². The van der Waals surface area contributed by atoms with Crippen molar-refractivity contribution in [2.75, 3.05) is 19.6 Å². The highest BCUT2D eigenvalue weighted by atomic mass is 35.5. The molecule has 0 bridgehead atoms. The topological polar surface area (TPSA) is 79.4 Å². The number of nitrogens with zero attached hydrogens (tertiary/aromatic N) is 2. The average molecular weight is 306 g/mol. The molecule has 0 aliphatic heterocycles. The molecule has 8 heteroatoms. The third kappa shape index (κ3) is 4.15. The van der Waals surface area contributed by atoms with Crippen molar-refractivity contribution >= 4 is 27.5 Å². The molecule has 0 radical (unpaired) electrons. The van der Waals surface area contributed by atoms with E-state index in [0.29, 0.717) is 13.1 Å². The first-order chi connectivity index (χ1) is 8.92. The van der Waals surface area contributed by atoms with E-state index in [9.17, 15) is 13.2 Å². The van der Waals surface area contributed by atoms with Crippen LogP contribution in [0.15, 0.2) is 23.2 Å². The summed E-state index contributed by atoms with van der Waals surface area (Å²) in [6.45, 7) is 4.42. The van der Waals surface area contributed by atoms with Gasteiger partial charge in [-0.1, -0.05) is 11.6 Å². The molecule has 0 unspecified atom stereocenters. The first-order valence-electron chi connectivity index (χ1n) is 5.80. The van der Waals surface area contributed by atoms with Crippen molar-refractivity contribution in [3.63, 3.8) is 0 Å². The molecular weight excluding hydrogens is 290 g/mol. The summed E-state index contributed by atoms with van der Waals surface area (Å²) in [5.74, 6) is -0.284. The van der Waals surface area contributed by atoms with Crippen LogP contribution < -0.4 is 4.72 Å². The summed E-state index contributed by atoms with van der Waals surface area (Å²) in [7, 11) is -3.83. The van der Waals surface area contributed by atoms with Crippen molar-refractivity contribution in [3.05, 3.63) is 23.5 Å². The smallest absolute Gasteiger partial charge is 0.244 e. The summed E-state index contributed by atoms with van der Waals surface area (Å²) in [6.07, 6.45) is 1.39. The lowest BCUT2D eigenvalue weighted by molar-refractivity contribution is -0.129. The quantitative estimate of drug-likeness (QED) is 0.791. The second kappa shape index (κ2) is 6.83. The zero-order valence-corrected chi connectivity index (χ0v) is 12.3. The predicted octanol–water partition coefficient (Wildman–Crippen LogP) is 0.882. The van der Waals surface area contributed by atoms with E-state index in [4.69, 9.17) is 11.6 Å². The molecule has 6 nitrogen and oxygen atoms in total. The van der Waals surface area contributed by atoms with E-state index in [1.165, 1.54) is 23.2 Å². The maximum absolute atomic E-state index is 12.0. The molecule has 0 aliphatic carbocycles. The number of hydrogen-bond donors (Lipinski definition) is 1. The Bertz CT molecular complexity index is 544. The molecule has 1 aromatic rings. The molecule has 1 amide bonds. The van der Waals surface area contributed by atoms with E-state index in [1.54, 1.807) is 0 Å². The Hall–Kier alpha value is -1.18. The molecule has 1 aromatic heterocycles. The van der Waals surface area contributed by atoms with E-state index < -0.39 is 10.0 Å². The fraction of sp³-hybridized carbons (Fsp3) is 0.455. The molecule has 0 saturated carbocycles. The Balaban J connectivity index is 2.77. The predicted molar refractivity (Wildman–Crippen MR) is 72.4 cm³/mol. The highest BCUT2D eigenvalue weighted by molar-refractivity contribution is 7.89. The fourth-order valence-corrected chi connectivity index (χ4v) is 2.92. The van der Waals surface area contributed by atoms with Crippen molar-refractivity contribution in [1.29, 1.82) is 0 Å². The monoisotopic (exact) mass is 305 g/mol. The molecule has 106 valence electrons. The number of amides is 1. The summed E-state index contributed by atoms with van der Waals surface area (Å²) in [6, 6.07) is 2.80. The summed E-state index contributed by atoms with van der Waals surface area (Å²) in [5.41, 5.74) is 0. The summed E-state index contributed by atoms with van der Waals surface area (Å²) in [4.78, 5) is 16.8. The highest BCUT2D eigenvalue weighted by Gasteiger charge is 2.20. The molecule has 0 spiro atoms. The number of pyridine rings is 1. The largest absolute Gasteiger partial charge is 0.342 e. The number of nitrogens with one attached hydrogen (secondary N) is 1. The second-order valence-corrected chi connectivity index (χ2v) is 5.78. The van der Waals surface area contributed by atoms with Crippen LogP contribution in [0.5, 0.6) is 0 Å². The summed E-state index contributed by atoms with van der Waals surface area (Å²) < 4.78 is 26.1. The van der Waals surface area contributed by atoms with E-state index in [-0.39, 0.29) is 22.5 Å². The number of hydrogen-bond acceptors (Lipinski definition) is 4. The number of rotatable bonds is 6. The average Bonchev–Trinajstić information content (AvgIpc) is 2.38. The Morgan fingerprint density at radius 1 is 1.42 bits per heavy atom. The molecule has 19 heavy (non-hydrogen) atoms. The molecular formula is C11H16ClN3O3S. The van der Waals surface area contributed by atoms with Crippen molar-refractivity contribution in [1.82, 2.24) is 14.6 Å². The zero-order chi connectivity index (χ0) is 14.5. The van der Waals surface area contributed by atoms with Gasteiger partial charge < -0.3 is 4.90 Å². The second-order valence-electron chi connectivity index (χ2n) is 3.68. The van der Waals surface area contributed by atoms with Crippen LogP contribution in [-0.4, -0.2) is 43.8 Å². The van der Waals surface area contributed by atoms with Gasteiger partial charge in [-0.15, -0.1) is 0 Å². The number of aromatic nitrogens is 1. The third-order valence-corrected chi connectivity index (χ3v) is 4.39. The van der Waals surface area contributed by atoms with Crippen LogP contribution >= 0.6 is 11.6 Å². The molecule has 0 aromatic carbocycles. The van der Waals surface area contributed by atoms with E-state index in [2.05, 4.69) is 9.71 Å². The number of halogens is 1. The first-order valence-corrected chi connectivity index (χ1v) is 7.66. The first kappa shape index (κ1) is 15.9. The standard InChI is InChI=1S/C11H16ClN3O3S/c1-3-15(4-2)10(16)8-14-19(17,18)9-6-5-7-13-11(9)12/h5-7,14H,3-4,8H2,1-2H3. The van der Waals surface area contributed by atoms with Crippen LogP contribution in [0.25, 0.3) is 0 Å². The van der Waals surface area contributed by atoms with Crippen molar-refractivity contribution in [3.8, 4) is 0 Å². The van der Waals surface area contributed by atoms with Crippen LogP contribution in [-0.2, 0) is 14.8 Å². The van der Waals surface area contributed by atoms with Gasteiger partial charge in [-0.25, -0.2) is 18.1 Å². The number of carbonyl (C=O) groups excluding carboxylic acids is 1. The SMILES string of the molecule is CCN(CC)C(=O)CNS(=O)(=O)c1cccnc1Cl. The Morgan fingerprint density at radius 2 is 2.05 bits per heavy atom. The van der Waals surface area contributed by atoms with Crippen LogP contribution in [0.4, 0.5) is 0 Å². The molecule has 0 saturated heterocycles. The van der Waals surface area contributed by atoms with Crippen molar-refractivity contribution < 1.29 is 13.2 Å². The maximum atomic E-state index is 12.0.